The second-order valence-electron chi connectivity index (χ2n) is 25.9. The first-order valence-electron chi connectivity index (χ1n) is 35.8. The van der Waals surface area contributed by atoms with Crippen LogP contribution in [0.15, 0.2) is 0 Å². The van der Waals surface area contributed by atoms with E-state index in [2.05, 4.69) is 53.2 Å². The number of carboxylic acid groups (broad SMARTS) is 1. The number of aliphatic hydroxyl groups is 16. The maximum atomic E-state index is 14.2. The highest BCUT2D eigenvalue weighted by Gasteiger charge is 2.48. The van der Waals surface area contributed by atoms with E-state index in [-0.39, 0.29) is 64.8 Å². The molecule has 4 fully saturated rings. The second-order valence-corrected chi connectivity index (χ2v) is 25.9. The molecule has 0 aliphatic carbocycles. The molecule has 27 N–H and O–H groups in total. The minimum atomic E-state index is -1.82. The SMILES string of the molecule is O=C(O)CCCCCNC(=O)CNCC(=O)NCCCCCNC(=O)CN(CC(=O)NC(CCC(=O)NCCO[C@H]1O[C@H](CO)[C@@H](O)[C@H](O)[C@@H]1O)C(=O)NCCO[C@H]1O[C@H](CO)[C@@H](O)[C@H](O)[C@@H]1O)CC(=O)N[C@@H](CCC(=O)NCCO[C@H]1O[C@H](CO)[C@@H](O)[C@H](O)[C@@H]1O)C(=O)NCCO[C@H]1O[C@H](CO)[C@@H](O)[C@H](O)[C@@H]1O. The maximum Gasteiger partial charge on any atom is 0.303 e. The van der Waals surface area contributed by atoms with E-state index in [0.29, 0.717) is 45.1 Å². The van der Waals surface area contributed by atoms with E-state index in [0.717, 1.165) is 4.90 Å². The largest absolute Gasteiger partial charge is 0.481 e. The van der Waals surface area contributed by atoms with Crippen LogP contribution in [-0.2, 0) is 85.8 Å². The van der Waals surface area contributed by atoms with Crippen molar-refractivity contribution >= 4 is 59.1 Å². The molecule has 46 heteroatoms. The minimum Gasteiger partial charge on any atom is -0.481 e. The van der Waals surface area contributed by atoms with Crippen LogP contribution in [-0.4, -0.2) is 417 Å². The van der Waals surface area contributed by atoms with Gasteiger partial charge >= 0.3 is 5.97 Å². The Morgan fingerprint density at radius 2 is 0.606 bits per heavy atom. The van der Waals surface area contributed by atoms with Gasteiger partial charge in [-0.3, -0.25) is 58.2 Å². The lowest BCUT2D eigenvalue weighted by Gasteiger charge is -2.39. The molecule has 0 radical (unpaired) electrons. The van der Waals surface area contributed by atoms with Crippen LogP contribution in [0.5, 0.6) is 0 Å². The average Bonchev–Trinajstić information content (AvgIpc) is 0.838. The van der Waals surface area contributed by atoms with E-state index >= 15 is 0 Å². The molecule has 0 aromatic rings. The molecule has 0 aromatic carbocycles. The van der Waals surface area contributed by atoms with Crippen molar-refractivity contribution in [2.45, 2.75) is 206 Å². The van der Waals surface area contributed by atoms with Crippen molar-refractivity contribution in [2.24, 2.45) is 0 Å². The minimum absolute atomic E-state index is 0.0177. The van der Waals surface area contributed by atoms with E-state index < -0.39 is 286 Å². The standard InChI is InChI=1S/C63H111N11O35/c75-28-34-46(88)50(92)54(96)60(106-34)102-19-15-68-38(79)10-8-32(58(100)70-17-21-104-62-56(98)52(94)48(90)36(30-77)108-62)72-43(84)26-74(25-42(83)67-14-6-2-5-13-66-41(82)24-64-23-40(81)65-12-4-1-3-7-45(86)87)27-44(85)73-33(59(101)71-18-22-105-63-57(99)53(95)49(91)37(31-78)109-63)9-11-39(80)69-16-20-103-61-55(97)51(93)47(89)35(29-76)107-61/h32-37,46-57,60-64,75-78,88-99H,1-31H2,(H,65,81)(H,66,82)(H,67,83)(H,68,79)(H,69,80)(H,70,100)(H,71,101)(H,72,84)(H,73,85)(H,86,87)/t32-,33?,34+,35+,36+,37+,46+,47+,48+,49+,50-,51-,52-,53-,54-,55-,56-,57-,60-,61-,62-,63-/m0/s1. The first kappa shape index (κ1) is 95.0. The third-order valence-electron chi connectivity index (χ3n) is 17.4. The van der Waals surface area contributed by atoms with Crippen LogP contribution in [0.3, 0.4) is 0 Å². The molecule has 4 aliphatic rings. The molecule has 0 spiro atoms. The zero-order valence-corrected chi connectivity index (χ0v) is 60.0. The fourth-order valence-corrected chi connectivity index (χ4v) is 11.2. The van der Waals surface area contributed by atoms with Gasteiger partial charge in [-0.25, -0.2) is 0 Å². The number of nitrogens with zero attached hydrogens (tertiary/aromatic N) is 1. The number of amides is 9. The number of carbonyl (C=O) groups excluding carboxylic acids is 9. The molecule has 4 heterocycles. The molecular weight excluding hydrogens is 1470 g/mol. The highest BCUT2D eigenvalue weighted by molar-refractivity contribution is 5.91. The molecule has 46 nitrogen and oxygen atoms in total. The predicted octanol–water partition coefficient (Wildman–Crippen LogP) is -15.7. The summed E-state index contributed by atoms with van der Waals surface area (Å²) in [7, 11) is 0. The van der Waals surface area contributed by atoms with Gasteiger partial charge in [0.25, 0.3) is 0 Å². The lowest BCUT2D eigenvalue weighted by molar-refractivity contribution is -0.300. The van der Waals surface area contributed by atoms with E-state index in [1.54, 1.807) is 0 Å². The molecule has 0 bridgehead atoms. The van der Waals surface area contributed by atoms with Crippen molar-refractivity contribution in [3.63, 3.8) is 0 Å². The zero-order chi connectivity index (χ0) is 80.7. The molecule has 0 saturated carbocycles. The highest BCUT2D eigenvalue weighted by Crippen LogP contribution is 2.26. The van der Waals surface area contributed by atoms with E-state index in [9.17, 15) is 130 Å². The van der Waals surface area contributed by atoms with Gasteiger partial charge in [0.2, 0.25) is 53.2 Å². The Balaban J connectivity index is 1.49. The molecule has 9 amide bonds. The number of carboxylic acids is 1. The van der Waals surface area contributed by atoms with Gasteiger partial charge in [0.1, 0.15) is 110 Å². The Bertz CT molecular complexity index is 2620. The number of unbranched alkanes of at least 4 members (excludes halogenated alkanes) is 4. The van der Waals surface area contributed by atoms with Gasteiger partial charge < -0.3 is 173 Å². The number of hydrogen-bond acceptors (Lipinski definition) is 36. The molecule has 4 rings (SSSR count). The topological polar surface area (TPSA) is 712 Å². The number of carbonyl (C=O) groups is 10. The van der Waals surface area contributed by atoms with Gasteiger partial charge in [-0.1, -0.05) is 6.42 Å². The number of hydrogen-bond donors (Lipinski definition) is 27. The fraction of sp³-hybridized carbons (Fsp3) is 0.841. The Hall–Kier alpha value is -6.34. The lowest BCUT2D eigenvalue weighted by Crippen LogP contribution is -2.59. The average molecular weight is 1580 g/mol. The predicted molar refractivity (Wildman–Crippen MR) is 362 cm³/mol. The number of ether oxygens (including phenoxy) is 8. The Morgan fingerprint density at radius 1 is 0.321 bits per heavy atom. The zero-order valence-electron chi connectivity index (χ0n) is 60.0. The molecule has 1 unspecified atom stereocenters. The molecular formula is C63H111N11O35. The van der Waals surface area contributed by atoms with Crippen LogP contribution in [0.25, 0.3) is 0 Å². The summed E-state index contributed by atoms with van der Waals surface area (Å²) in [6.45, 7) is -8.41. The third kappa shape index (κ3) is 33.9. The summed E-state index contributed by atoms with van der Waals surface area (Å²) in [5.41, 5.74) is 0. The summed E-state index contributed by atoms with van der Waals surface area (Å²) in [6.07, 6.45) is -31.9. The quantitative estimate of drug-likeness (QED) is 0.0252. The Morgan fingerprint density at radius 3 is 0.917 bits per heavy atom. The molecule has 0 aromatic heterocycles. The van der Waals surface area contributed by atoms with Gasteiger partial charge in [0.05, 0.1) is 85.6 Å². The molecule has 109 heavy (non-hydrogen) atoms. The van der Waals surface area contributed by atoms with Gasteiger partial charge in [0, 0.05) is 65.1 Å². The summed E-state index contributed by atoms with van der Waals surface area (Å²) in [5, 5.41) is 195. The van der Waals surface area contributed by atoms with Gasteiger partial charge in [-0.05, 0) is 44.9 Å². The van der Waals surface area contributed by atoms with Crippen molar-refractivity contribution in [2.75, 3.05) is 131 Å². The Kier molecular flexibility index (Phi) is 44.8. The van der Waals surface area contributed by atoms with Crippen molar-refractivity contribution in [1.82, 2.24) is 58.1 Å². The highest BCUT2D eigenvalue weighted by atomic mass is 16.7. The van der Waals surface area contributed by atoms with E-state index in [1.165, 1.54) is 0 Å². The summed E-state index contributed by atoms with van der Waals surface area (Å²) in [6, 6.07) is -3.26. The van der Waals surface area contributed by atoms with Crippen LogP contribution in [0, 0.1) is 0 Å². The van der Waals surface area contributed by atoms with E-state index in [1.807, 2.05) is 0 Å². The summed E-state index contributed by atoms with van der Waals surface area (Å²) in [5.74, 6) is -8.02. The maximum absolute atomic E-state index is 14.2. The Labute approximate surface area is 625 Å². The van der Waals surface area contributed by atoms with Crippen LogP contribution >= 0.6 is 0 Å². The second kappa shape index (κ2) is 51.3. The summed E-state index contributed by atoms with van der Waals surface area (Å²) >= 11 is 0. The van der Waals surface area contributed by atoms with Crippen LogP contribution in [0.1, 0.15) is 70.6 Å². The van der Waals surface area contributed by atoms with Crippen LogP contribution in [0.4, 0.5) is 0 Å². The number of nitrogens with one attached hydrogen (secondary N) is 10. The van der Waals surface area contributed by atoms with E-state index in [4.69, 9.17) is 43.0 Å². The van der Waals surface area contributed by atoms with Crippen LogP contribution < -0.4 is 53.2 Å². The van der Waals surface area contributed by atoms with Crippen molar-refractivity contribution in [3.8, 4) is 0 Å². The van der Waals surface area contributed by atoms with Crippen molar-refractivity contribution in [3.05, 3.63) is 0 Å². The van der Waals surface area contributed by atoms with Gasteiger partial charge in [-0.15, -0.1) is 0 Å². The summed E-state index contributed by atoms with van der Waals surface area (Å²) in [4.78, 5) is 133. The van der Waals surface area contributed by atoms with Crippen LogP contribution in [0.2, 0.25) is 0 Å². The number of rotatable bonds is 52. The number of aliphatic hydroxyl groups excluding tert-OH is 16. The lowest BCUT2D eigenvalue weighted by atomic mass is 9.99. The fourth-order valence-electron chi connectivity index (χ4n) is 11.2. The number of aliphatic carboxylic acids is 1. The smallest absolute Gasteiger partial charge is 0.303 e. The molecule has 4 saturated heterocycles. The third-order valence-corrected chi connectivity index (χ3v) is 17.4. The molecule has 22 atom stereocenters. The monoisotopic (exact) mass is 1580 g/mol. The van der Waals surface area contributed by atoms with Gasteiger partial charge in [-0.2, -0.15) is 0 Å². The van der Waals surface area contributed by atoms with Crippen molar-refractivity contribution in [1.29, 1.82) is 0 Å². The first-order valence-corrected chi connectivity index (χ1v) is 35.8. The molecule has 628 valence electrons. The van der Waals surface area contributed by atoms with Crippen molar-refractivity contribution < 1.29 is 173 Å². The summed E-state index contributed by atoms with van der Waals surface area (Å²) < 4.78 is 43.0. The first-order chi connectivity index (χ1) is 51.9. The molecule has 4 aliphatic heterocycles. The van der Waals surface area contributed by atoms with Gasteiger partial charge in [0.15, 0.2) is 25.2 Å². The normalized spacial score (nSPS) is 28.9.